The lowest BCUT2D eigenvalue weighted by Gasteiger charge is -2.34. The van der Waals surface area contributed by atoms with E-state index in [9.17, 15) is 0 Å². The second-order valence-electron chi connectivity index (χ2n) is 4.75. The Hall–Kier alpha value is -0.900. The van der Waals surface area contributed by atoms with Crippen molar-refractivity contribution in [3.63, 3.8) is 0 Å². The molecule has 1 heterocycles. The van der Waals surface area contributed by atoms with Gasteiger partial charge in [-0.15, -0.1) is 0 Å². The highest BCUT2D eigenvalue weighted by Gasteiger charge is 2.35. The molecule has 0 aliphatic heterocycles. The summed E-state index contributed by atoms with van der Waals surface area (Å²) in [5.41, 5.74) is 6.08. The third kappa shape index (κ3) is 2.04. The Morgan fingerprint density at radius 3 is 2.60 bits per heavy atom. The highest BCUT2D eigenvalue weighted by molar-refractivity contribution is 5.06. The highest BCUT2D eigenvalue weighted by Crippen LogP contribution is 2.37. The summed E-state index contributed by atoms with van der Waals surface area (Å²) in [5.74, 6) is 2.50. The lowest BCUT2D eigenvalue weighted by Crippen LogP contribution is -2.41. The van der Waals surface area contributed by atoms with Crippen LogP contribution in [0.25, 0.3) is 0 Å². The smallest absolute Gasteiger partial charge is 0.170 e. The van der Waals surface area contributed by atoms with Crippen LogP contribution in [0.5, 0.6) is 0 Å². The van der Waals surface area contributed by atoms with Crippen molar-refractivity contribution in [3.05, 3.63) is 11.6 Å². The summed E-state index contributed by atoms with van der Waals surface area (Å²) in [6.07, 6.45) is 5.72. The van der Waals surface area contributed by atoms with E-state index in [1.807, 2.05) is 6.92 Å². The normalized spacial score (nSPS) is 31.8. The van der Waals surface area contributed by atoms with Crippen LogP contribution in [0.4, 0.5) is 0 Å². The second kappa shape index (κ2) is 3.93. The molecule has 0 amide bonds. The summed E-state index contributed by atoms with van der Waals surface area (Å²) < 4.78 is 0. The lowest BCUT2D eigenvalue weighted by molar-refractivity contribution is 0.222. The van der Waals surface area contributed by atoms with E-state index >= 15 is 0 Å². The van der Waals surface area contributed by atoms with E-state index in [0.29, 0.717) is 0 Å². The Kier molecular flexibility index (Phi) is 2.78. The zero-order valence-electron chi connectivity index (χ0n) is 9.58. The van der Waals surface area contributed by atoms with Crippen LogP contribution in [0.3, 0.4) is 0 Å². The van der Waals surface area contributed by atoms with Gasteiger partial charge >= 0.3 is 0 Å². The van der Waals surface area contributed by atoms with Gasteiger partial charge in [0.05, 0.1) is 5.54 Å². The molecule has 1 saturated carbocycles. The average molecular weight is 208 g/mol. The van der Waals surface area contributed by atoms with Gasteiger partial charge in [0.1, 0.15) is 5.82 Å². The van der Waals surface area contributed by atoms with Crippen molar-refractivity contribution in [3.8, 4) is 0 Å². The van der Waals surface area contributed by atoms with Gasteiger partial charge in [0.15, 0.2) is 5.82 Å². The molecule has 4 nitrogen and oxygen atoms in total. The standard InChI is InChI=1S/C11H20N4/c1-3-9-4-6-11(12,7-5-9)10-13-8(2)14-15-10/h9H,3-7,12H2,1-2H3,(H,13,14,15). The fourth-order valence-corrected chi connectivity index (χ4v) is 2.39. The molecular formula is C11H20N4. The zero-order chi connectivity index (χ0) is 10.9. The fourth-order valence-electron chi connectivity index (χ4n) is 2.39. The number of nitrogens with one attached hydrogen (secondary N) is 1. The molecule has 1 aromatic rings. The number of hydrogen-bond acceptors (Lipinski definition) is 3. The van der Waals surface area contributed by atoms with Crippen LogP contribution in [-0.2, 0) is 5.54 Å². The maximum absolute atomic E-state index is 6.37. The van der Waals surface area contributed by atoms with Gasteiger partial charge in [-0.1, -0.05) is 13.3 Å². The summed E-state index contributed by atoms with van der Waals surface area (Å²) in [6.45, 7) is 4.17. The number of aromatic amines is 1. The number of aromatic nitrogens is 3. The third-order valence-corrected chi connectivity index (χ3v) is 3.62. The molecule has 1 aromatic heterocycles. The molecule has 0 bridgehead atoms. The van der Waals surface area contributed by atoms with Crippen molar-refractivity contribution in [2.75, 3.05) is 0 Å². The van der Waals surface area contributed by atoms with Gasteiger partial charge in [-0.25, -0.2) is 4.98 Å². The number of nitrogens with zero attached hydrogens (tertiary/aromatic N) is 2. The molecule has 1 fully saturated rings. The van der Waals surface area contributed by atoms with E-state index in [-0.39, 0.29) is 5.54 Å². The molecule has 0 atom stereocenters. The fraction of sp³-hybridized carbons (Fsp3) is 0.818. The van der Waals surface area contributed by atoms with Crippen LogP contribution >= 0.6 is 0 Å². The number of aryl methyl sites for hydroxylation is 1. The Morgan fingerprint density at radius 1 is 1.47 bits per heavy atom. The predicted molar refractivity (Wildman–Crippen MR) is 59.2 cm³/mol. The van der Waals surface area contributed by atoms with Gasteiger partial charge < -0.3 is 5.73 Å². The number of hydrogen-bond donors (Lipinski definition) is 2. The largest absolute Gasteiger partial charge is 0.319 e. The average Bonchev–Trinajstić information content (AvgIpc) is 2.67. The zero-order valence-corrected chi connectivity index (χ0v) is 9.58. The van der Waals surface area contributed by atoms with E-state index in [1.165, 1.54) is 19.3 Å². The molecular weight excluding hydrogens is 188 g/mol. The van der Waals surface area contributed by atoms with E-state index in [1.54, 1.807) is 0 Å². The van der Waals surface area contributed by atoms with Gasteiger partial charge in [0, 0.05) is 0 Å². The maximum Gasteiger partial charge on any atom is 0.170 e. The first-order valence-corrected chi connectivity index (χ1v) is 5.82. The van der Waals surface area contributed by atoms with Gasteiger partial charge in [0.2, 0.25) is 0 Å². The number of rotatable bonds is 2. The molecule has 0 spiro atoms. The third-order valence-electron chi connectivity index (χ3n) is 3.62. The van der Waals surface area contributed by atoms with E-state index in [2.05, 4.69) is 22.1 Å². The van der Waals surface area contributed by atoms with Crippen LogP contribution in [0, 0.1) is 12.8 Å². The highest BCUT2D eigenvalue weighted by atomic mass is 15.2. The monoisotopic (exact) mass is 208 g/mol. The molecule has 84 valence electrons. The summed E-state index contributed by atoms with van der Waals surface area (Å²) in [4.78, 5) is 4.37. The SMILES string of the molecule is CCC1CCC(N)(c2n[nH]c(C)n2)CC1. The van der Waals surface area contributed by atoms with Crippen LogP contribution in [0.1, 0.15) is 50.7 Å². The summed E-state index contributed by atoms with van der Waals surface area (Å²) in [5, 5.41) is 7.08. The van der Waals surface area contributed by atoms with E-state index in [0.717, 1.165) is 30.4 Å². The quantitative estimate of drug-likeness (QED) is 0.779. The van der Waals surface area contributed by atoms with Crippen molar-refractivity contribution in [2.24, 2.45) is 11.7 Å². The minimum atomic E-state index is -0.281. The summed E-state index contributed by atoms with van der Waals surface area (Å²) in [7, 11) is 0. The second-order valence-corrected chi connectivity index (χ2v) is 4.75. The Labute approximate surface area is 90.7 Å². The van der Waals surface area contributed by atoms with E-state index in [4.69, 9.17) is 5.73 Å². The number of H-pyrrole nitrogens is 1. The Morgan fingerprint density at radius 2 is 2.13 bits per heavy atom. The molecule has 0 saturated heterocycles. The first kappa shape index (κ1) is 10.6. The Bertz CT molecular complexity index is 323. The molecule has 1 aliphatic carbocycles. The molecule has 3 N–H and O–H groups in total. The topological polar surface area (TPSA) is 67.6 Å². The van der Waals surface area contributed by atoms with Crippen LogP contribution in [0.15, 0.2) is 0 Å². The van der Waals surface area contributed by atoms with Crippen molar-refractivity contribution in [2.45, 2.75) is 51.5 Å². The molecule has 1 aliphatic rings. The molecule has 2 rings (SSSR count). The minimum Gasteiger partial charge on any atom is -0.319 e. The minimum absolute atomic E-state index is 0.281. The molecule has 15 heavy (non-hydrogen) atoms. The van der Waals surface area contributed by atoms with Gasteiger partial charge in [-0.2, -0.15) is 5.10 Å². The molecule has 0 radical (unpaired) electrons. The van der Waals surface area contributed by atoms with Crippen molar-refractivity contribution in [1.29, 1.82) is 0 Å². The molecule has 4 heteroatoms. The van der Waals surface area contributed by atoms with Crippen LogP contribution in [-0.4, -0.2) is 15.2 Å². The van der Waals surface area contributed by atoms with Crippen LogP contribution in [0.2, 0.25) is 0 Å². The van der Waals surface area contributed by atoms with Crippen molar-refractivity contribution < 1.29 is 0 Å². The lowest BCUT2D eigenvalue weighted by atomic mass is 9.76. The van der Waals surface area contributed by atoms with Crippen LogP contribution < -0.4 is 5.73 Å². The summed E-state index contributed by atoms with van der Waals surface area (Å²) >= 11 is 0. The first-order valence-electron chi connectivity index (χ1n) is 5.82. The Balaban J connectivity index is 2.09. The predicted octanol–water partition coefficient (Wildman–Crippen LogP) is 1.87. The summed E-state index contributed by atoms with van der Waals surface area (Å²) in [6, 6.07) is 0. The van der Waals surface area contributed by atoms with Gasteiger partial charge in [-0.3, -0.25) is 5.10 Å². The van der Waals surface area contributed by atoms with Gasteiger partial charge in [-0.05, 0) is 38.5 Å². The van der Waals surface area contributed by atoms with Gasteiger partial charge in [0.25, 0.3) is 0 Å². The first-order chi connectivity index (χ1) is 7.14. The molecule has 0 aromatic carbocycles. The number of nitrogens with two attached hydrogens (primary N) is 1. The van der Waals surface area contributed by atoms with Crippen molar-refractivity contribution in [1.82, 2.24) is 15.2 Å². The van der Waals surface area contributed by atoms with E-state index < -0.39 is 0 Å². The maximum atomic E-state index is 6.37. The molecule has 0 unspecified atom stereocenters. The van der Waals surface area contributed by atoms with Crippen molar-refractivity contribution >= 4 is 0 Å².